The van der Waals surface area contributed by atoms with Crippen LogP contribution in [-0.4, -0.2) is 6.21 Å². The van der Waals surface area contributed by atoms with Gasteiger partial charge in [-0.2, -0.15) is 0 Å². The van der Waals surface area contributed by atoms with E-state index in [0.29, 0.717) is 17.9 Å². The Morgan fingerprint density at radius 3 is 2.54 bits per heavy atom. The lowest BCUT2D eigenvalue weighted by atomic mass is 9.77. The normalized spacial score (nSPS) is 22.7. The average molecular weight is 364 g/mol. The second-order valence-corrected chi connectivity index (χ2v) is 7.82. The maximum atomic E-state index is 4.64. The number of allylic oxidation sites excluding steroid dienone is 2. The summed E-state index contributed by atoms with van der Waals surface area (Å²) in [5.41, 5.74) is 7.41. The van der Waals surface area contributed by atoms with Crippen LogP contribution in [0.5, 0.6) is 0 Å². The van der Waals surface area contributed by atoms with Gasteiger partial charge in [0.25, 0.3) is 0 Å². The standard InChI is InChI=1S/C26H24N2/c1-18-9-11-19(12-10-18)17-27-21-15-13-20(14-16-21)26-24-7-4-6-22(24)23-5-2-3-8-25(23)28-26/h2-6,8-17,22,24,26,28H,7H2,1H3/t22-,24+,26+/m1/s1. The van der Waals surface area contributed by atoms with E-state index >= 15 is 0 Å². The first-order valence-electron chi connectivity index (χ1n) is 10.0. The summed E-state index contributed by atoms with van der Waals surface area (Å²) in [5, 5.41) is 3.79. The van der Waals surface area contributed by atoms with Gasteiger partial charge in [-0.25, -0.2) is 0 Å². The van der Waals surface area contributed by atoms with Crippen LogP contribution in [0.4, 0.5) is 11.4 Å². The van der Waals surface area contributed by atoms with Gasteiger partial charge in [0.05, 0.1) is 11.7 Å². The lowest BCUT2D eigenvalue weighted by molar-refractivity contribution is 0.425. The van der Waals surface area contributed by atoms with E-state index in [1.54, 1.807) is 0 Å². The molecule has 0 spiro atoms. The van der Waals surface area contributed by atoms with E-state index in [2.05, 4.69) is 102 Å². The van der Waals surface area contributed by atoms with E-state index in [9.17, 15) is 0 Å². The molecule has 2 heteroatoms. The highest BCUT2D eigenvalue weighted by Gasteiger charge is 2.37. The van der Waals surface area contributed by atoms with Crippen molar-refractivity contribution in [2.45, 2.75) is 25.3 Å². The predicted octanol–water partition coefficient (Wildman–Crippen LogP) is 6.57. The number of nitrogens with one attached hydrogen (secondary N) is 1. The lowest BCUT2D eigenvalue weighted by Gasteiger charge is -2.37. The fraction of sp³-hybridized carbons (Fsp3) is 0.192. The van der Waals surface area contributed by atoms with Crippen LogP contribution in [-0.2, 0) is 0 Å². The summed E-state index contributed by atoms with van der Waals surface area (Å²) in [6.45, 7) is 2.10. The van der Waals surface area contributed by atoms with E-state index < -0.39 is 0 Å². The molecule has 2 aliphatic rings. The largest absolute Gasteiger partial charge is 0.378 e. The maximum absolute atomic E-state index is 4.64. The van der Waals surface area contributed by atoms with Crippen LogP contribution in [0.3, 0.4) is 0 Å². The first kappa shape index (κ1) is 17.0. The monoisotopic (exact) mass is 364 g/mol. The molecule has 0 saturated heterocycles. The number of anilines is 1. The summed E-state index contributed by atoms with van der Waals surface area (Å²) in [6.07, 6.45) is 7.79. The van der Waals surface area contributed by atoms with Crippen molar-refractivity contribution in [2.75, 3.05) is 5.32 Å². The van der Waals surface area contributed by atoms with Crippen LogP contribution < -0.4 is 5.32 Å². The molecule has 1 aliphatic carbocycles. The summed E-state index contributed by atoms with van der Waals surface area (Å²) in [5.74, 6) is 1.10. The third kappa shape index (κ3) is 3.16. The first-order chi connectivity index (χ1) is 13.8. The van der Waals surface area contributed by atoms with E-state index in [0.717, 1.165) is 17.7 Å². The van der Waals surface area contributed by atoms with Gasteiger partial charge in [0, 0.05) is 17.8 Å². The summed E-state index contributed by atoms with van der Waals surface area (Å²) in [4.78, 5) is 4.64. The minimum Gasteiger partial charge on any atom is -0.378 e. The number of hydrogen-bond donors (Lipinski definition) is 1. The fourth-order valence-corrected chi connectivity index (χ4v) is 4.44. The zero-order valence-electron chi connectivity index (χ0n) is 16.0. The van der Waals surface area contributed by atoms with Crippen LogP contribution in [0.2, 0.25) is 0 Å². The molecule has 5 rings (SSSR count). The van der Waals surface area contributed by atoms with Crippen molar-refractivity contribution < 1.29 is 0 Å². The van der Waals surface area contributed by atoms with Crippen molar-refractivity contribution in [2.24, 2.45) is 10.9 Å². The van der Waals surface area contributed by atoms with Crippen molar-refractivity contribution >= 4 is 17.6 Å². The summed E-state index contributed by atoms with van der Waals surface area (Å²) >= 11 is 0. The summed E-state index contributed by atoms with van der Waals surface area (Å²) < 4.78 is 0. The van der Waals surface area contributed by atoms with Gasteiger partial charge in [0.15, 0.2) is 0 Å². The Morgan fingerprint density at radius 2 is 1.71 bits per heavy atom. The van der Waals surface area contributed by atoms with Crippen molar-refractivity contribution in [3.8, 4) is 0 Å². The highest BCUT2D eigenvalue weighted by molar-refractivity contribution is 5.81. The number of hydrogen-bond acceptors (Lipinski definition) is 2. The average Bonchev–Trinajstić information content (AvgIpc) is 3.23. The molecule has 1 aliphatic heterocycles. The Bertz CT molecular complexity index is 1030. The van der Waals surface area contributed by atoms with Crippen LogP contribution in [0, 0.1) is 12.8 Å². The molecule has 0 unspecified atom stereocenters. The van der Waals surface area contributed by atoms with Gasteiger partial charge in [-0.15, -0.1) is 0 Å². The number of nitrogens with zero attached hydrogens (tertiary/aromatic N) is 1. The second-order valence-electron chi connectivity index (χ2n) is 7.82. The number of benzene rings is 3. The van der Waals surface area contributed by atoms with Crippen molar-refractivity contribution in [3.63, 3.8) is 0 Å². The summed E-state index contributed by atoms with van der Waals surface area (Å²) in [6, 6.07) is 26.2. The first-order valence-corrected chi connectivity index (χ1v) is 10.0. The van der Waals surface area contributed by atoms with Crippen LogP contribution in [0.25, 0.3) is 0 Å². The smallest absolute Gasteiger partial charge is 0.0630 e. The van der Waals surface area contributed by atoms with Crippen molar-refractivity contribution in [1.82, 2.24) is 0 Å². The van der Waals surface area contributed by atoms with Gasteiger partial charge in [-0.1, -0.05) is 72.3 Å². The lowest BCUT2D eigenvalue weighted by Crippen LogP contribution is -2.28. The number of rotatable bonds is 3. The molecule has 3 aromatic rings. The minimum atomic E-state index is 0.338. The quantitative estimate of drug-likeness (QED) is 0.412. The van der Waals surface area contributed by atoms with Gasteiger partial charge in [0.1, 0.15) is 0 Å². The Hall–Kier alpha value is -3.13. The zero-order valence-corrected chi connectivity index (χ0v) is 16.0. The molecule has 3 atom stereocenters. The number of aryl methyl sites for hydroxylation is 1. The maximum Gasteiger partial charge on any atom is 0.0630 e. The highest BCUT2D eigenvalue weighted by Crippen LogP contribution is 2.49. The van der Waals surface area contributed by atoms with Gasteiger partial charge in [-0.3, -0.25) is 4.99 Å². The minimum absolute atomic E-state index is 0.338. The molecule has 3 aromatic carbocycles. The third-order valence-corrected chi connectivity index (χ3v) is 5.96. The zero-order chi connectivity index (χ0) is 18.9. The van der Waals surface area contributed by atoms with Crippen LogP contribution >= 0.6 is 0 Å². The Kier molecular flexibility index (Phi) is 4.32. The topological polar surface area (TPSA) is 24.4 Å². The molecular weight excluding hydrogens is 340 g/mol. The predicted molar refractivity (Wildman–Crippen MR) is 118 cm³/mol. The van der Waals surface area contributed by atoms with Crippen LogP contribution in [0.15, 0.2) is 89.9 Å². The van der Waals surface area contributed by atoms with E-state index in [1.807, 2.05) is 6.21 Å². The molecule has 2 nitrogen and oxygen atoms in total. The molecule has 138 valence electrons. The third-order valence-electron chi connectivity index (χ3n) is 5.96. The van der Waals surface area contributed by atoms with Crippen molar-refractivity contribution in [1.29, 1.82) is 0 Å². The molecule has 0 saturated carbocycles. The molecule has 0 amide bonds. The van der Waals surface area contributed by atoms with Gasteiger partial charge >= 0.3 is 0 Å². The molecule has 28 heavy (non-hydrogen) atoms. The Labute approximate surface area is 166 Å². The molecule has 0 aromatic heterocycles. The van der Waals surface area contributed by atoms with Crippen LogP contribution in [0.1, 0.15) is 40.6 Å². The number of fused-ring (bicyclic) bond motifs is 3. The van der Waals surface area contributed by atoms with Gasteiger partial charge in [-0.05, 0) is 54.2 Å². The van der Waals surface area contributed by atoms with E-state index in [4.69, 9.17) is 0 Å². The number of aliphatic imine (C=N–C) groups is 1. The highest BCUT2D eigenvalue weighted by atomic mass is 15.0. The van der Waals surface area contributed by atoms with Crippen molar-refractivity contribution in [3.05, 3.63) is 107 Å². The Morgan fingerprint density at radius 1 is 0.929 bits per heavy atom. The molecule has 1 N–H and O–H groups in total. The molecule has 0 fully saturated rings. The SMILES string of the molecule is Cc1ccc(C=Nc2ccc([C@@H]3Nc4ccccc4[C@H]4C=CC[C@@H]43)cc2)cc1. The molecule has 0 radical (unpaired) electrons. The van der Waals surface area contributed by atoms with E-state index in [-0.39, 0.29) is 0 Å². The molecule has 1 heterocycles. The van der Waals surface area contributed by atoms with Gasteiger partial charge < -0.3 is 5.32 Å². The molecule has 0 bridgehead atoms. The fourth-order valence-electron chi connectivity index (χ4n) is 4.44. The number of para-hydroxylation sites is 1. The second kappa shape index (κ2) is 7.12. The Balaban J connectivity index is 1.38. The molecular formula is C26H24N2. The van der Waals surface area contributed by atoms with E-state index in [1.165, 1.54) is 22.4 Å². The summed E-state index contributed by atoms with van der Waals surface area (Å²) in [7, 11) is 0. The van der Waals surface area contributed by atoms with Gasteiger partial charge in [0.2, 0.25) is 0 Å².